The van der Waals surface area contributed by atoms with Gasteiger partial charge >= 0.3 is 0 Å². The molecule has 0 saturated heterocycles. The van der Waals surface area contributed by atoms with E-state index in [1.54, 1.807) is 6.20 Å². The number of benzene rings is 1. The molecule has 0 spiro atoms. The normalized spacial score (nSPS) is 20.9. The Morgan fingerprint density at radius 2 is 2.10 bits per heavy atom. The van der Waals surface area contributed by atoms with Crippen LogP contribution in [0.1, 0.15) is 37.8 Å². The van der Waals surface area contributed by atoms with Gasteiger partial charge in [-0.05, 0) is 31.7 Å². The molecule has 1 saturated carbocycles. The largest absolute Gasteiger partial charge is 0.323 e. The number of carbonyl (C=O) groups is 1. The average Bonchev–Trinajstić information content (AvgIpc) is 3.12. The van der Waals surface area contributed by atoms with Crippen LogP contribution in [0.15, 0.2) is 42.7 Å². The summed E-state index contributed by atoms with van der Waals surface area (Å²) in [4.78, 5) is 12.2. The molecule has 2 aromatic rings. The number of anilines is 1. The molecule has 2 atom stereocenters. The van der Waals surface area contributed by atoms with Gasteiger partial charge in [0.25, 0.3) is 0 Å². The Morgan fingerprint density at radius 3 is 2.75 bits per heavy atom. The van der Waals surface area contributed by atoms with E-state index in [0.717, 1.165) is 12.1 Å². The summed E-state index contributed by atoms with van der Waals surface area (Å²) < 4.78 is 1.84. The van der Waals surface area contributed by atoms with Crippen LogP contribution >= 0.6 is 0 Å². The van der Waals surface area contributed by atoms with Crippen molar-refractivity contribution in [3.8, 4) is 0 Å². The number of rotatable bonds is 4. The van der Waals surface area contributed by atoms with Crippen LogP contribution < -0.4 is 5.32 Å². The first-order valence-corrected chi connectivity index (χ1v) is 7.05. The van der Waals surface area contributed by atoms with Gasteiger partial charge in [-0.2, -0.15) is 5.10 Å². The summed E-state index contributed by atoms with van der Waals surface area (Å²) in [5.74, 6) is 0.568. The second-order valence-electron chi connectivity index (χ2n) is 5.65. The van der Waals surface area contributed by atoms with Gasteiger partial charge in [-0.25, -0.2) is 0 Å². The van der Waals surface area contributed by atoms with Crippen LogP contribution in [-0.2, 0) is 4.79 Å². The number of aromatic nitrogens is 2. The van der Waals surface area contributed by atoms with Crippen LogP contribution in [-0.4, -0.2) is 15.7 Å². The van der Waals surface area contributed by atoms with Gasteiger partial charge in [0.05, 0.1) is 11.9 Å². The molecule has 1 aliphatic carbocycles. The molecule has 0 unspecified atom stereocenters. The molecule has 1 N–H and O–H groups in total. The third kappa shape index (κ3) is 2.59. The van der Waals surface area contributed by atoms with E-state index in [2.05, 4.69) is 36.4 Å². The van der Waals surface area contributed by atoms with Crippen LogP contribution in [0.4, 0.5) is 5.69 Å². The van der Waals surface area contributed by atoms with Crippen molar-refractivity contribution in [1.82, 2.24) is 9.78 Å². The van der Waals surface area contributed by atoms with E-state index in [1.807, 2.05) is 29.1 Å². The Balaban J connectivity index is 1.61. The van der Waals surface area contributed by atoms with Crippen molar-refractivity contribution in [2.45, 2.75) is 32.2 Å². The van der Waals surface area contributed by atoms with Crippen LogP contribution in [0.2, 0.25) is 0 Å². The maximum absolute atomic E-state index is 12.2. The minimum atomic E-state index is 0.0970. The first kappa shape index (κ1) is 12.9. The van der Waals surface area contributed by atoms with E-state index in [1.165, 1.54) is 5.56 Å². The fraction of sp³-hybridized carbons (Fsp3) is 0.375. The van der Waals surface area contributed by atoms with E-state index in [9.17, 15) is 4.79 Å². The molecular weight excluding hydrogens is 250 g/mol. The summed E-state index contributed by atoms with van der Waals surface area (Å²) >= 11 is 0. The van der Waals surface area contributed by atoms with Gasteiger partial charge in [-0.15, -0.1) is 0 Å². The van der Waals surface area contributed by atoms with Crippen molar-refractivity contribution in [3.63, 3.8) is 0 Å². The molecule has 1 aromatic heterocycles. The Morgan fingerprint density at radius 1 is 1.35 bits per heavy atom. The smallest absolute Gasteiger partial charge is 0.228 e. The number of nitrogens with one attached hydrogen (secondary N) is 1. The lowest BCUT2D eigenvalue weighted by Crippen LogP contribution is -2.14. The molecular formula is C16H19N3O. The Bertz CT molecular complexity index is 603. The predicted octanol–water partition coefficient (Wildman–Crippen LogP) is 3.21. The molecule has 1 fully saturated rings. The van der Waals surface area contributed by atoms with Gasteiger partial charge in [-0.3, -0.25) is 9.48 Å². The Labute approximate surface area is 118 Å². The molecule has 4 nitrogen and oxygen atoms in total. The molecule has 1 heterocycles. The molecule has 1 aliphatic rings. The third-order valence-electron chi connectivity index (χ3n) is 3.75. The molecule has 0 aliphatic heterocycles. The second-order valence-corrected chi connectivity index (χ2v) is 5.65. The molecule has 104 valence electrons. The van der Waals surface area contributed by atoms with Crippen molar-refractivity contribution in [2.75, 3.05) is 5.32 Å². The molecule has 1 aromatic carbocycles. The molecule has 1 amide bonds. The molecule has 0 radical (unpaired) electrons. The third-order valence-corrected chi connectivity index (χ3v) is 3.75. The Kier molecular flexibility index (Phi) is 3.30. The molecule has 3 rings (SSSR count). The van der Waals surface area contributed by atoms with Gasteiger partial charge in [0, 0.05) is 18.2 Å². The standard InChI is InChI=1S/C16H19N3O/c1-11(2)19-10-13(9-17-19)18-16(20)15-8-14(15)12-6-4-3-5-7-12/h3-7,9-11,14-15H,8H2,1-2H3,(H,18,20)/t14-,15-/m0/s1. The van der Waals surface area contributed by atoms with Crippen molar-refractivity contribution < 1.29 is 4.79 Å². The highest BCUT2D eigenvalue weighted by Crippen LogP contribution is 2.47. The van der Waals surface area contributed by atoms with E-state index < -0.39 is 0 Å². The first-order chi connectivity index (χ1) is 9.65. The summed E-state index contributed by atoms with van der Waals surface area (Å²) in [7, 11) is 0. The summed E-state index contributed by atoms with van der Waals surface area (Å²) in [5.41, 5.74) is 2.04. The van der Waals surface area contributed by atoms with Crippen LogP contribution in [0.3, 0.4) is 0 Å². The summed E-state index contributed by atoms with van der Waals surface area (Å²) in [5, 5.41) is 7.18. The molecule has 4 heteroatoms. The minimum absolute atomic E-state index is 0.0970. The van der Waals surface area contributed by atoms with E-state index in [-0.39, 0.29) is 11.8 Å². The van der Waals surface area contributed by atoms with Crippen molar-refractivity contribution in [2.24, 2.45) is 5.92 Å². The van der Waals surface area contributed by atoms with Crippen LogP contribution in [0, 0.1) is 5.92 Å². The SMILES string of the molecule is CC(C)n1cc(NC(=O)[C@H]2C[C@H]2c2ccccc2)cn1. The van der Waals surface area contributed by atoms with Crippen LogP contribution in [0.25, 0.3) is 0 Å². The highest BCUT2D eigenvalue weighted by molar-refractivity contribution is 5.95. The maximum atomic E-state index is 12.2. The highest BCUT2D eigenvalue weighted by atomic mass is 16.2. The summed E-state index contributed by atoms with van der Waals surface area (Å²) in [6, 6.07) is 10.5. The van der Waals surface area contributed by atoms with E-state index >= 15 is 0 Å². The van der Waals surface area contributed by atoms with Crippen molar-refractivity contribution in [1.29, 1.82) is 0 Å². The average molecular weight is 269 g/mol. The van der Waals surface area contributed by atoms with Gasteiger partial charge in [0.2, 0.25) is 5.91 Å². The quantitative estimate of drug-likeness (QED) is 0.926. The summed E-state index contributed by atoms with van der Waals surface area (Å²) in [6.07, 6.45) is 4.52. The fourth-order valence-corrected chi connectivity index (χ4v) is 2.47. The minimum Gasteiger partial charge on any atom is -0.323 e. The maximum Gasteiger partial charge on any atom is 0.228 e. The van der Waals surface area contributed by atoms with E-state index in [4.69, 9.17) is 0 Å². The van der Waals surface area contributed by atoms with Gasteiger partial charge in [-0.1, -0.05) is 30.3 Å². The highest BCUT2D eigenvalue weighted by Gasteiger charge is 2.43. The zero-order valence-electron chi connectivity index (χ0n) is 11.8. The lowest BCUT2D eigenvalue weighted by Gasteiger charge is -2.04. The monoisotopic (exact) mass is 269 g/mol. The lowest BCUT2D eigenvalue weighted by atomic mass is 10.1. The fourth-order valence-electron chi connectivity index (χ4n) is 2.47. The van der Waals surface area contributed by atoms with Crippen LogP contribution in [0.5, 0.6) is 0 Å². The number of hydrogen-bond donors (Lipinski definition) is 1. The zero-order chi connectivity index (χ0) is 14.1. The first-order valence-electron chi connectivity index (χ1n) is 7.05. The van der Waals surface area contributed by atoms with Crippen molar-refractivity contribution >= 4 is 11.6 Å². The number of carbonyl (C=O) groups excluding carboxylic acids is 1. The topological polar surface area (TPSA) is 46.9 Å². The lowest BCUT2D eigenvalue weighted by molar-refractivity contribution is -0.117. The number of amides is 1. The second kappa shape index (κ2) is 5.12. The van der Waals surface area contributed by atoms with Crippen molar-refractivity contribution in [3.05, 3.63) is 48.3 Å². The van der Waals surface area contributed by atoms with Gasteiger partial charge < -0.3 is 5.32 Å². The number of hydrogen-bond acceptors (Lipinski definition) is 2. The molecule has 20 heavy (non-hydrogen) atoms. The Hall–Kier alpha value is -2.10. The zero-order valence-corrected chi connectivity index (χ0v) is 11.8. The summed E-state index contributed by atoms with van der Waals surface area (Å²) in [6.45, 7) is 4.12. The van der Waals surface area contributed by atoms with Gasteiger partial charge in [0.15, 0.2) is 0 Å². The molecule has 0 bridgehead atoms. The number of nitrogens with zero attached hydrogens (tertiary/aromatic N) is 2. The van der Waals surface area contributed by atoms with Gasteiger partial charge in [0.1, 0.15) is 0 Å². The predicted molar refractivity (Wildman–Crippen MR) is 78.5 cm³/mol. The van der Waals surface area contributed by atoms with E-state index in [0.29, 0.717) is 12.0 Å².